The van der Waals surface area contributed by atoms with E-state index in [1.807, 2.05) is 19.1 Å². The van der Waals surface area contributed by atoms with Crippen molar-refractivity contribution in [2.24, 2.45) is 0 Å². The molecule has 2 aromatic rings. The Hall–Kier alpha value is -4.04. The Balaban J connectivity index is 1.79. The van der Waals surface area contributed by atoms with Crippen LogP contribution in [0.2, 0.25) is 0 Å². The minimum Gasteiger partial charge on any atom is -0.482 e. The van der Waals surface area contributed by atoms with Gasteiger partial charge in [0.15, 0.2) is 13.2 Å². The summed E-state index contributed by atoms with van der Waals surface area (Å²) in [5, 5.41) is 23.7. The van der Waals surface area contributed by atoms with Crippen molar-refractivity contribution in [2.45, 2.75) is 25.8 Å². The van der Waals surface area contributed by atoms with Gasteiger partial charge in [-0.1, -0.05) is 37.6 Å². The fourth-order valence-corrected chi connectivity index (χ4v) is 2.79. The Bertz CT molecular complexity index is 978. The van der Waals surface area contributed by atoms with Gasteiger partial charge in [0.05, 0.1) is 11.1 Å². The van der Waals surface area contributed by atoms with Crippen LogP contribution < -0.4 is 20.1 Å². The molecule has 0 aliphatic heterocycles. The number of nitrogens with zero attached hydrogens (tertiary/aromatic N) is 2. The molecule has 2 N–H and O–H groups in total. The van der Waals surface area contributed by atoms with E-state index in [0.29, 0.717) is 29.0 Å². The molecule has 2 rings (SSSR count). The monoisotopic (exact) mass is 420 g/mol. The van der Waals surface area contributed by atoms with Gasteiger partial charge in [-0.15, -0.1) is 0 Å². The van der Waals surface area contributed by atoms with Crippen LogP contribution in [0.25, 0.3) is 0 Å². The molecule has 0 spiro atoms. The molecular formula is C23H24N4O4. The predicted molar refractivity (Wildman–Crippen MR) is 113 cm³/mol. The maximum absolute atomic E-state index is 12.2. The number of nitriles is 2. The Morgan fingerprint density at radius 1 is 0.903 bits per heavy atom. The molecule has 0 fully saturated rings. The van der Waals surface area contributed by atoms with Crippen LogP contribution in [-0.4, -0.2) is 37.6 Å². The summed E-state index contributed by atoms with van der Waals surface area (Å²) in [5.41, 5.74) is 0.704. The third-order valence-electron chi connectivity index (χ3n) is 4.28. The molecule has 8 heteroatoms. The quantitative estimate of drug-likeness (QED) is 0.575. The lowest BCUT2D eigenvalue weighted by atomic mass is 10.1. The van der Waals surface area contributed by atoms with E-state index in [1.54, 1.807) is 48.5 Å². The lowest BCUT2D eigenvalue weighted by molar-refractivity contribution is -0.125. The van der Waals surface area contributed by atoms with Crippen LogP contribution in [0.5, 0.6) is 11.5 Å². The lowest BCUT2D eigenvalue weighted by Crippen LogP contribution is -2.46. The molecule has 0 aromatic heterocycles. The zero-order chi connectivity index (χ0) is 22.5. The van der Waals surface area contributed by atoms with E-state index in [0.717, 1.165) is 6.42 Å². The average Bonchev–Trinajstić information content (AvgIpc) is 2.80. The van der Waals surface area contributed by atoms with Crippen molar-refractivity contribution < 1.29 is 19.1 Å². The number of rotatable bonds is 11. The minimum atomic E-state index is -0.359. The Morgan fingerprint density at radius 3 is 1.94 bits per heavy atom. The molecule has 0 aliphatic rings. The molecule has 0 radical (unpaired) electrons. The van der Waals surface area contributed by atoms with Crippen LogP contribution in [0.4, 0.5) is 0 Å². The smallest absolute Gasteiger partial charge is 0.258 e. The SMILES string of the molecule is CCCC(CNC(=O)COc1ccccc1C#N)NC(=O)COc1ccccc1C#N. The summed E-state index contributed by atoms with van der Waals surface area (Å²) >= 11 is 0. The van der Waals surface area contributed by atoms with E-state index in [-0.39, 0.29) is 37.6 Å². The van der Waals surface area contributed by atoms with Crippen molar-refractivity contribution >= 4 is 11.8 Å². The standard InChI is InChI=1S/C23H24N4O4/c1-2-7-19(27-23(29)16-31-21-11-6-4-9-18(21)13-25)14-26-22(28)15-30-20-10-5-3-8-17(20)12-24/h3-6,8-11,19H,2,7,14-16H2,1H3,(H,26,28)(H,27,29). The molecule has 0 bridgehead atoms. The molecule has 2 aromatic carbocycles. The van der Waals surface area contributed by atoms with Crippen molar-refractivity contribution in [3.8, 4) is 23.6 Å². The number of carbonyl (C=O) groups is 2. The van der Waals surface area contributed by atoms with Crippen molar-refractivity contribution in [3.05, 3.63) is 59.7 Å². The molecule has 0 saturated heterocycles. The number of ether oxygens (including phenoxy) is 2. The molecular weight excluding hydrogens is 396 g/mol. The van der Waals surface area contributed by atoms with Crippen LogP contribution in [0, 0.1) is 22.7 Å². The Kier molecular flexibility index (Phi) is 9.38. The highest BCUT2D eigenvalue weighted by atomic mass is 16.5. The summed E-state index contributed by atoms with van der Waals surface area (Å²) in [6.07, 6.45) is 1.48. The molecule has 0 saturated carbocycles. The van der Waals surface area contributed by atoms with E-state index >= 15 is 0 Å². The van der Waals surface area contributed by atoms with Crippen LogP contribution in [0.3, 0.4) is 0 Å². The first-order valence-electron chi connectivity index (χ1n) is 9.87. The number of carbonyl (C=O) groups excluding carboxylic acids is 2. The first-order valence-corrected chi connectivity index (χ1v) is 9.87. The second kappa shape index (κ2) is 12.5. The van der Waals surface area contributed by atoms with E-state index in [1.165, 1.54) is 0 Å². The summed E-state index contributed by atoms with van der Waals surface area (Å²) in [6, 6.07) is 17.1. The maximum Gasteiger partial charge on any atom is 0.258 e. The summed E-state index contributed by atoms with van der Waals surface area (Å²) < 4.78 is 10.8. The highest BCUT2D eigenvalue weighted by Crippen LogP contribution is 2.17. The number of hydrogen-bond acceptors (Lipinski definition) is 6. The molecule has 0 heterocycles. The van der Waals surface area contributed by atoms with Gasteiger partial charge in [0.25, 0.3) is 11.8 Å². The molecule has 0 aliphatic carbocycles. The molecule has 2 amide bonds. The fourth-order valence-electron chi connectivity index (χ4n) is 2.79. The van der Waals surface area contributed by atoms with E-state index in [2.05, 4.69) is 10.6 Å². The molecule has 31 heavy (non-hydrogen) atoms. The average molecular weight is 420 g/mol. The topological polar surface area (TPSA) is 124 Å². The highest BCUT2D eigenvalue weighted by molar-refractivity contribution is 5.79. The first-order chi connectivity index (χ1) is 15.1. The largest absolute Gasteiger partial charge is 0.482 e. The van der Waals surface area contributed by atoms with Crippen molar-refractivity contribution in [3.63, 3.8) is 0 Å². The van der Waals surface area contributed by atoms with Crippen molar-refractivity contribution in [1.29, 1.82) is 10.5 Å². The molecule has 160 valence electrons. The zero-order valence-electron chi connectivity index (χ0n) is 17.3. The lowest BCUT2D eigenvalue weighted by Gasteiger charge is -2.19. The predicted octanol–water partition coefficient (Wildman–Crippen LogP) is 2.29. The first kappa shape index (κ1) is 23.2. The van der Waals surface area contributed by atoms with Gasteiger partial charge in [-0.25, -0.2) is 0 Å². The normalized spacial score (nSPS) is 10.8. The Morgan fingerprint density at radius 2 is 1.42 bits per heavy atom. The third-order valence-corrected chi connectivity index (χ3v) is 4.28. The summed E-state index contributed by atoms with van der Waals surface area (Å²) in [4.78, 5) is 24.3. The van der Waals surface area contributed by atoms with Crippen LogP contribution >= 0.6 is 0 Å². The fraction of sp³-hybridized carbons (Fsp3) is 0.304. The van der Waals surface area contributed by atoms with Gasteiger partial charge in [-0.2, -0.15) is 10.5 Å². The third kappa shape index (κ3) is 7.71. The van der Waals surface area contributed by atoms with Crippen LogP contribution in [-0.2, 0) is 9.59 Å². The number of nitrogens with one attached hydrogen (secondary N) is 2. The van der Waals surface area contributed by atoms with Gasteiger partial charge in [-0.05, 0) is 30.7 Å². The number of hydrogen-bond donors (Lipinski definition) is 2. The number of para-hydroxylation sites is 2. The molecule has 1 unspecified atom stereocenters. The van der Waals surface area contributed by atoms with E-state index < -0.39 is 0 Å². The maximum atomic E-state index is 12.2. The second-order valence-corrected chi connectivity index (χ2v) is 6.65. The van der Waals surface area contributed by atoms with E-state index in [4.69, 9.17) is 20.0 Å². The van der Waals surface area contributed by atoms with Gasteiger partial charge >= 0.3 is 0 Å². The summed E-state index contributed by atoms with van der Waals surface area (Å²) in [5.74, 6) is -0.0226. The van der Waals surface area contributed by atoms with Crippen LogP contribution in [0.15, 0.2) is 48.5 Å². The van der Waals surface area contributed by atoms with Crippen molar-refractivity contribution in [2.75, 3.05) is 19.8 Å². The van der Waals surface area contributed by atoms with Crippen molar-refractivity contribution in [1.82, 2.24) is 10.6 Å². The van der Waals surface area contributed by atoms with Gasteiger partial charge < -0.3 is 20.1 Å². The summed E-state index contributed by atoms with van der Waals surface area (Å²) in [6.45, 7) is 1.74. The van der Waals surface area contributed by atoms with E-state index in [9.17, 15) is 9.59 Å². The summed E-state index contributed by atoms with van der Waals surface area (Å²) in [7, 11) is 0. The van der Waals surface area contributed by atoms with Gasteiger partial charge in [-0.3, -0.25) is 9.59 Å². The Labute approximate surface area is 181 Å². The second-order valence-electron chi connectivity index (χ2n) is 6.65. The van der Waals surface area contributed by atoms with Gasteiger partial charge in [0, 0.05) is 12.6 Å². The van der Waals surface area contributed by atoms with Gasteiger partial charge in [0.1, 0.15) is 23.6 Å². The minimum absolute atomic E-state index is 0.233. The zero-order valence-corrected chi connectivity index (χ0v) is 17.3. The molecule has 8 nitrogen and oxygen atoms in total. The number of amides is 2. The number of benzene rings is 2. The molecule has 1 atom stereocenters. The highest BCUT2D eigenvalue weighted by Gasteiger charge is 2.15. The van der Waals surface area contributed by atoms with Crippen LogP contribution in [0.1, 0.15) is 30.9 Å². The van der Waals surface area contributed by atoms with Gasteiger partial charge in [0.2, 0.25) is 0 Å².